The van der Waals surface area contributed by atoms with E-state index >= 15 is 0 Å². The number of hydrogen-bond acceptors (Lipinski definition) is 4. The average molecular weight is 512 g/mol. The first kappa shape index (κ1) is 21.6. The van der Waals surface area contributed by atoms with Crippen LogP contribution >= 0.6 is 39.1 Å². The molecule has 1 aliphatic heterocycles. The molecule has 0 aliphatic carbocycles. The zero-order valence-electron chi connectivity index (χ0n) is 16.2. The van der Waals surface area contributed by atoms with Crippen molar-refractivity contribution in [2.24, 2.45) is 0 Å². The number of fused-ring (bicyclic) bond motifs is 1. The van der Waals surface area contributed by atoms with Crippen LogP contribution in [0.1, 0.15) is 16.8 Å². The van der Waals surface area contributed by atoms with Crippen molar-refractivity contribution in [1.82, 2.24) is 20.2 Å². The molecule has 158 valence electrons. The lowest BCUT2D eigenvalue weighted by Crippen LogP contribution is -2.38. The first-order valence-electron chi connectivity index (χ1n) is 9.74. The highest BCUT2D eigenvalue weighted by molar-refractivity contribution is 9.10. The third-order valence-electron chi connectivity index (χ3n) is 5.05. The SMILES string of the molecule is O=C(NCCCN1CCOCC1)c1ccc(-c2nc3cc(Cl)c(Cl)cc3[nH]2)c(Br)c1. The van der Waals surface area contributed by atoms with Crippen molar-refractivity contribution in [1.29, 1.82) is 0 Å². The third-order valence-corrected chi connectivity index (χ3v) is 6.43. The van der Waals surface area contributed by atoms with Gasteiger partial charge >= 0.3 is 0 Å². The summed E-state index contributed by atoms with van der Waals surface area (Å²) in [5.74, 6) is 0.583. The highest BCUT2D eigenvalue weighted by Crippen LogP contribution is 2.32. The standard InChI is InChI=1S/C21H21BrCl2N4O2/c22-15-10-13(21(29)25-4-1-5-28-6-8-30-9-7-28)2-3-14(15)20-26-18-11-16(23)17(24)12-19(18)27-20/h2-3,10-12H,1,4-9H2,(H,25,29)(H,26,27). The molecule has 1 saturated heterocycles. The summed E-state index contributed by atoms with van der Waals surface area (Å²) in [5.41, 5.74) is 2.98. The minimum absolute atomic E-state index is 0.0904. The zero-order chi connectivity index (χ0) is 21.1. The molecule has 0 radical (unpaired) electrons. The lowest BCUT2D eigenvalue weighted by atomic mass is 10.1. The largest absolute Gasteiger partial charge is 0.379 e. The third kappa shape index (κ3) is 4.98. The van der Waals surface area contributed by atoms with E-state index in [1.165, 1.54) is 0 Å². The number of ether oxygens (including phenoxy) is 1. The minimum Gasteiger partial charge on any atom is -0.379 e. The van der Waals surface area contributed by atoms with E-state index in [0.717, 1.165) is 60.3 Å². The van der Waals surface area contributed by atoms with Crippen molar-refractivity contribution in [3.05, 3.63) is 50.4 Å². The van der Waals surface area contributed by atoms with Crippen LogP contribution in [0.5, 0.6) is 0 Å². The maximum atomic E-state index is 12.5. The van der Waals surface area contributed by atoms with Gasteiger partial charge in [-0.05, 0) is 43.3 Å². The molecule has 1 fully saturated rings. The fourth-order valence-electron chi connectivity index (χ4n) is 3.41. The van der Waals surface area contributed by atoms with E-state index in [0.29, 0.717) is 28.0 Å². The quantitative estimate of drug-likeness (QED) is 0.468. The van der Waals surface area contributed by atoms with Crippen molar-refractivity contribution in [3.8, 4) is 11.4 Å². The van der Waals surface area contributed by atoms with Crippen LogP contribution in [-0.4, -0.2) is 60.2 Å². The molecule has 0 unspecified atom stereocenters. The molecule has 0 atom stereocenters. The summed E-state index contributed by atoms with van der Waals surface area (Å²) in [7, 11) is 0. The Hall–Kier alpha value is -1.64. The Kier molecular flexibility index (Phi) is 6.95. The second-order valence-electron chi connectivity index (χ2n) is 7.13. The number of aromatic nitrogens is 2. The Balaban J connectivity index is 1.39. The summed E-state index contributed by atoms with van der Waals surface area (Å²) < 4.78 is 6.13. The van der Waals surface area contributed by atoms with Gasteiger partial charge < -0.3 is 15.0 Å². The fourth-order valence-corrected chi connectivity index (χ4v) is 4.30. The Labute approximate surface area is 193 Å². The van der Waals surface area contributed by atoms with Crippen LogP contribution in [0.2, 0.25) is 10.0 Å². The average Bonchev–Trinajstić information content (AvgIpc) is 3.14. The van der Waals surface area contributed by atoms with Gasteiger partial charge in [0.25, 0.3) is 5.91 Å². The minimum atomic E-state index is -0.0904. The molecule has 0 spiro atoms. The lowest BCUT2D eigenvalue weighted by molar-refractivity contribution is 0.0374. The second-order valence-corrected chi connectivity index (χ2v) is 8.80. The molecule has 0 saturated carbocycles. The van der Waals surface area contributed by atoms with Crippen LogP contribution in [0.15, 0.2) is 34.8 Å². The summed E-state index contributed by atoms with van der Waals surface area (Å²) in [5, 5.41) is 3.92. The molecule has 30 heavy (non-hydrogen) atoms. The maximum Gasteiger partial charge on any atom is 0.251 e. The highest BCUT2D eigenvalue weighted by Gasteiger charge is 2.14. The van der Waals surface area contributed by atoms with E-state index in [-0.39, 0.29) is 5.91 Å². The molecule has 1 aliphatic rings. The van der Waals surface area contributed by atoms with Gasteiger partial charge in [0.05, 0.1) is 34.3 Å². The number of imidazole rings is 1. The van der Waals surface area contributed by atoms with Gasteiger partial charge in [-0.2, -0.15) is 0 Å². The van der Waals surface area contributed by atoms with Crippen molar-refractivity contribution in [2.45, 2.75) is 6.42 Å². The number of carbonyl (C=O) groups is 1. The predicted octanol–water partition coefficient (Wildman–Crippen LogP) is 4.75. The van der Waals surface area contributed by atoms with Crippen LogP contribution in [-0.2, 0) is 4.74 Å². The summed E-state index contributed by atoms with van der Waals surface area (Å²) in [6.45, 7) is 5.11. The van der Waals surface area contributed by atoms with Gasteiger partial charge in [-0.1, -0.05) is 39.1 Å². The number of hydrogen-bond donors (Lipinski definition) is 2. The molecule has 2 aromatic carbocycles. The highest BCUT2D eigenvalue weighted by atomic mass is 79.9. The van der Waals surface area contributed by atoms with Crippen LogP contribution in [0.25, 0.3) is 22.4 Å². The van der Waals surface area contributed by atoms with Crippen molar-refractivity contribution < 1.29 is 9.53 Å². The van der Waals surface area contributed by atoms with Crippen molar-refractivity contribution in [2.75, 3.05) is 39.4 Å². The normalized spacial score (nSPS) is 14.9. The van der Waals surface area contributed by atoms with E-state index in [1.54, 1.807) is 24.3 Å². The first-order chi connectivity index (χ1) is 14.5. The molecule has 1 amide bonds. The number of aromatic amines is 1. The lowest BCUT2D eigenvalue weighted by Gasteiger charge is -2.26. The molecule has 0 bridgehead atoms. The molecule has 3 aromatic rings. The number of amides is 1. The monoisotopic (exact) mass is 510 g/mol. The zero-order valence-corrected chi connectivity index (χ0v) is 19.3. The molecular weight excluding hydrogens is 491 g/mol. The van der Waals surface area contributed by atoms with Gasteiger partial charge in [0.1, 0.15) is 5.82 Å². The van der Waals surface area contributed by atoms with Gasteiger partial charge in [0, 0.05) is 35.2 Å². The topological polar surface area (TPSA) is 70.2 Å². The van der Waals surface area contributed by atoms with E-state index in [1.807, 2.05) is 6.07 Å². The van der Waals surface area contributed by atoms with Crippen molar-refractivity contribution in [3.63, 3.8) is 0 Å². The van der Waals surface area contributed by atoms with Gasteiger partial charge in [-0.25, -0.2) is 4.98 Å². The molecule has 1 aromatic heterocycles. The number of benzene rings is 2. The smallest absolute Gasteiger partial charge is 0.251 e. The number of H-pyrrole nitrogens is 1. The Morgan fingerprint density at radius 3 is 2.73 bits per heavy atom. The molecular formula is C21H21BrCl2N4O2. The van der Waals surface area contributed by atoms with E-state index < -0.39 is 0 Å². The summed E-state index contributed by atoms with van der Waals surface area (Å²) in [4.78, 5) is 22.7. The van der Waals surface area contributed by atoms with Gasteiger partial charge in [-0.3, -0.25) is 9.69 Å². The molecule has 4 rings (SSSR count). The molecule has 2 heterocycles. The van der Waals surface area contributed by atoms with E-state index in [2.05, 4.69) is 36.1 Å². The molecule has 2 N–H and O–H groups in total. The number of morpholine rings is 1. The van der Waals surface area contributed by atoms with Gasteiger partial charge in [0.2, 0.25) is 0 Å². The Morgan fingerprint density at radius 2 is 1.97 bits per heavy atom. The van der Waals surface area contributed by atoms with Gasteiger partial charge in [0.15, 0.2) is 0 Å². The molecule has 9 heteroatoms. The number of carbonyl (C=O) groups excluding carboxylic acids is 1. The predicted molar refractivity (Wildman–Crippen MR) is 123 cm³/mol. The summed E-state index contributed by atoms with van der Waals surface area (Å²) in [6, 6.07) is 8.95. The summed E-state index contributed by atoms with van der Waals surface area (Å²) in [6.07, 6.45) is 0.912. The van der Waals surface area contributed by atoms with Crippen molar-refractivity contribution >= 4 is 56.1 Å². The van der Waals surface area contributed by atoms with Gasteiger partial charge in [-0.15, -0.1) is 0 Å². The number of nitrogens with one attached hydrogen (secondary N) is 2. The van der Waals surface area contributed by atoms with Crippen LogP contribution < -0.4 is 5.32 Å². The van der Waals surface area contributed by atoms with Crippen LogP contribution in [0.4, 0.5) is 0 Å². The first-order valence-corrected chi connectivity index (χ1v) is 11.3. The fraction of sp³-hybridized carbons (Fsp3) is 0.333. The molecule has 6 nitrogen and oxygen atoms in total. The number of nitrogens with zero attached hydrogens (tertiary/aromatic N) is 2. The van der Waals surface area contributed by atoms with E-state index in [4.69, 9.17) is 27.9 Å². The Bertz CT molecular complexity index is 1030. The Morgan fingerprint density at radius 1 is 1.20 bits per heavy atom. The van der Waals surface area contributed by atoms with E-state index in [9.17, 15) is 4.79 Å². The second kappa shape index (κ2) is 9.66. The maximum absolute atomic E-state index is 12.5. The number of halogens is 3. The van der Waals surface area contributed by atoms with Crippen LogP contribution in [0.3, 0.4) is 0 Å². The van der Waals surface area contributed by atoms with Crippen LogP contribution in [0, 0.1) is 0 Å². The number of rotatable bonds is 6. The summed E-state index contributed by atoms with van der Waals surface area (Å²) >= 11 is 15.7.